The zero-order valence-corrected chi connectivity index (χ0v) is 10.4. The van der Waals surface area contributed by atoms with E-state index in [9.17, 15) is 24.2 Å². The number of carbonyl (C=O) groups excluding carboxylic acids is 1. The highest BCUT2D eigenvalue weighted by molar-refractivity contribution is 5.85. The first-order valence-electron chi connectivity index (χ1n) is 5.66. The molecule has 0 aliphatic heterocycles. The first kappa shape index (κ1) is 15.8. The Kier molecular flexibility index (Phi) is 5.36. The van der Waals surface area contributed by atoms with Gasteiger partial charge in [-0.3, -0.25) is 4.79 Å². The van der Waals surface area contributed by atoms with E-state index in [2.05, 4.69) is 0 Å². The van der Waals surface area contributed by atoms with Gasteiger partial charge in [-0.05, 0) is 23.8 Å². The van der Waals surface area contributed by atoms with Gasteiger partial charge in [0.05, 0.1) is 12.5 Å². The van der Waals surface area contributed by atoms with Gasteiger partial charge in [0.25, 0.3) is 0 Å². The van der Waals surface area contributed by atoms with Crippen molar-refractivity contribution in [2.24, 2.45) is 5.73 Å². The summed E-state index contributed by atoms with van der Waals surface area (Å²) in [6.45, 7) is 0. The molecular weight excluding hydrogens is 269 g/mol. The quantitative estimate of drug-likeness (QED) is 0.555. The Morgan fingerprint density at radius 2 is 2.00 bits per heavy atom. The van der Waals surface area contributed by atoms with Crippen LogP contribution in [-0.4, -0.2) is 33.3 Å². The molecule has 0 heterocycles. The molecule has 5 N–H and O–H groups in total. The van der Waals surface area contributed by atoms with Crippen LogP contribution in [0.1, 0.15) is 23.7 Å². The van der Waals surface area contributed by atoms with Crippen LogP contribution in [0.3, 0.4) is 0 Å². The van der Waals surface area contributed by atoms with E-state index < -0.39 is 36.3 Å². The van der Waals surface area contributed by atoms with Crippen molar-refractivity contribution in [1.29, 1.82) is 0 Å². The lowest BCUT2D eigenvalue weighted by Crippen LogP contribution is -2.25. The van der Waals surface area contributed by atoms with Crippen molar-refractivity contribution >= 4 is 18.0 Å². The second kappa shape index (κ2) is 6.78. The molecule has 6 nitrogen and oxygen atoms in total. The summed E-state index contributed by atoms with van der Waals surface area (Å²) < 4.78 is 13.4. The largest absolute Gasteiger partial charge is 0.478 e. The minimum Gasteiger partial charge on any atom is -0.478 e. The van der Waals surface area contributed by atoms with Crippen molar-refractivity contribution in [1.82, 2.24) is 0 Å². The zero-order valence-electron chi connectivity index (χ0n) is 10.4. The average Bonchev–Trinajstić information content (AvgIpc) is 2.36. The lowest BCUT2D eigenvalue weighted by atomic mass is 9.99. The molecule has 1 aromatic rings. The number of aliphatic hydroxyl groups excluding tert-OH is 2. The van der Waals surface area contributed by atoms with Gasteiger partial charge in [0.2, 0.25) is 5.91 Å². The topological polar surface area (TPSA) is 121 Å². The highest BCUT2D eigenvalue weighted by atomic mass is 19.1. The fourth-order valence-electron chi connectivity index (χ4n) is 1.57. The number of rotatable bonds is 6. The summed E-state index contributed by atoms with van der Waals surface area (Å²) in [5, 5.41) is 27.9. The van der Waals surface area contributed by atoms with Crippen LogP contribution in [0, 0.1) is 5.82 Å². The van der Waals surface area contributed by atoms with E-state index >= 15 is 0 Å². The van der Waals surface area contributed by atoms with Crippen molar-refractivity contribution in [3.8, 4) is 0 Å². The molecule has 0 radical (unpaired) electrons. The van der Waals surface area contributed by atoms with Gasteiger partial charge in [0, 0.05) is 11.6 Å². The van der Waals surface area contributed by atoms with Crippen LogP contribution in [0.25, 0.3) is 6.08 Å². The Morgan fingerprint density at radius 3 is 2.55 bits per heavy atom. The standard InChI is InChI=1S/C13H14FNO5/c14-9-3-1-8(5-7(9)2-4-12(18)19)13(20)10(16)6-11(15)17/h1-5,10,13,16,20H,6H2,(H2,15,17)(H,18,19)/b4-2+. The highest BCUT2D eigenvalue weighted by Crippen LogP contribution is 2.22. The Labute approximate surface area is 114 Å². The summed E-state index contributed by atoms with van der Waals surface area (Å²) in [7, 11) is 0. The first-order chi connectivity index (χ1) is 9.31. The van der Waals surface area contributed by atoms with Gasteiger partial charge in [-0.25, -0.2) is 9.18 Å². The molecule has 0 aliphatic rings. The average molecular weight is 283 g/mol. The maximum atomic E-state index is 13.4. The van der Waals surface area contributed by atoms with Crippen LogP contribution >= 0.6 is 0 Å². The number of aliphatic carboxylic acids is 1. The Morgan fingerprint density at radius 1 is 1.35 bits per heavy atom. The molecule has 1 aromatic carbocycles. The summed E-state index contributed by atoms with van der Waals surface area (Å²) in [5.41, 5.74) is 4.98. The van der Waals surface area contributed by atoms with Crippen molar-refractivity contribution in [3.63, 3.8) is 0 Å². The summed E-state index contributed by atoms with van der Waals surface area (Å²) in [6.07, 6.45) is -1.53. The molecule has 0 aliphatic carbocycles. The van der Waals surface area contributed by atoms with Gasteiger partial charge < -0.3 is 21.1 Å². The molecule has 108 valence electrons. The third kappa shape index (κ3) is 4.45. The smallest absolute Gasteiger partial charge is 0.328 e. The Balaban J connectivity index is 2.99. The minimum absolute atomic E-state index is 0.0600. The number of carbonyl (C=O) groups is 2. The number of carboxylic acids is 1. The van der Waals surface area contributed by atoms with Crippen LogP contribution in [0.15, 0.2) is 24.3 Å². The van der Waals surface area contributed by atoms with E-state index in [0.29, 0.717) is 0 Å². The highest BCUT2D eigenvalue weighted by Gasteiger charge is 2.21. The van der Waals surface area contributed by atoms with E-state index in [1.807, 2.05) is 0 Å². The minimum atomic E-state index is -1.43. The number of amides is 1. The molecule has 1 rings (SSSR count). The second-order valence-electron chi connectivity index (χ2n) is 4.14. The molecular formula is C13H14FNO5. The number of benzene rings is 1. The van der Waals surface area contributed by atoms with Crippen LogP contribution in [-0.2, 0) is 9.59 Å². The molecule has 0 bridgehead atoms. The van der Waals surface area contributed by atoms with E-state index in [1.54, 1.807) is 0 Å². The van der Waals surface area contributed by atoms with Gasteiger partial charge in [0.1, 0.15) is 11.9 Å². The number of aliphatic hydroxyl groups is 2. The van der Waals surface area contributed by atoms with E-state index in [-0.39, 0.29) is 11.1 Å². The summed E-state index contributed by atoms with van der Waals surface area (Å²) >= 11 is 0. The van der Waals surface area contributed by atoms with Gasteiger partial charge in [-0.15, -0.1) is 0 Å². The number of primary amides is 1. The SMILES string of the molecule is NC(=O)CC(O)C(O)c1ccc(F)c(/C=C/C(=O)O)c1. The molecule has 0 saturated heterocycles. The number of hydrogen-bond donors (Lipinski definition) is 4. The number of hydrogen-bond acceptors (Lipinski definition) is 4. The van der Waals surface area contributed by atoms with E-state index in [0.717, 1.165) is 18.2 Å². The van der Waals surface area contributed by atoms with Crippen LogP contribution in [0.2, 0.25) is 0 Å². The molecule has 0 aromatic heterocycles. The van der Waals surface area contributed by atoms with Crippen LogP contribution in [0.5, 0.6) is 0 Å². The second-order valence-corrected chi connectivity index (χ2v) is 4.14. The molecule has 2 unspecified atom stereocenters. The van der Waals surface area contributed by atoms with Crippen molar-refractivity contribution < 1.29 is 29.3 Å². The zero-order chi connectivity index (χ0) is 15.3. The number of halogens is 1. The fraction of sp³-hybridized carbons (Fsp3) is 0.231. The van der Waals surface area contributed by atoms with Gasteiger partial charge in [0.15, 0.2) is 0 Å². The number of carboxylic acid groups (broad SMARTS) is 1. The van der Waals surface area contributed by atoms with Gasteiger partial charge in [-0.1, -0.05) is 6.07 Å². The maximum absolute atomic E-state index is 13.4. The molecule has 2 atom stereocenters. The fourth-order valence-corrected chi connectivity index (χ4v) is 1.57. The molecule has 7 heteroatoms. The van der Waals surface area contributed by atoms with E-state index in [4.69, 9.17) is 10.8 Å². The van der Waals surface area contributed by atoms with Crippen LogP contribution in [0.4, 0.5) is 4.39 Å². The summed E-state index contributed by atoms with van der Waals surface area (Å²) in [5.74, 6) is -2.71. The molecule has 0 saturated carbocycles. The van der Waals surface area contributed by atoms with E-state index in [1.165, 1.54) is 12.1 Å². The van der Waals surface area contributed by atoms with Crippen molar-refractivity contribution in [3.05, 3.63) is 41.2 Å². The molecule has 20 heavy (non-hydrogen) atoms. The van der Waals surface area contributed by atoms with Gasteiger partial charge >= 0.3 is 5.97 Å². The van der Waals surface area contributed by atoms with Gasteiger partial charge in [-0.2, -0.15) is 0 Å². The maximum Gasteiger partial charge on any atom is 0.328 e. The van der Waals surface area contributed by atoms with Crippen molar-refractivity contribution in [2.75, 3.05) is 0 Å². The summed E-state index contributed by atoms with van der Waals surface area (Å²) in [4.78, 5) is 21.0. The predicted octanol–water partition coefficient (Wildman–Crippen LogP) is 0.193. The first-order valence-corrected chi connectivity index (χ1v) is 5.66. The monoisotopic (exact) mass is 283 g/mol. The number of nitrogens with two attached hydrogens (primary N) is 1. The Hall–Kier alpha value is -2.25. The molecule has 0 fully saturated rings. The molecule has 1 amide bonds. The van der Waals surface area contributed by atoms with Crippen LogP contribution < -0.4 is 5.73 Å². The third-order valence-corrected chi connectivity index (χ3v) is 2.54. The lowest BCUT2D eigenvalue weighted by Gasteiger charge is -2.17. The lowest BCUT2D eigenvalue weighted by molar-refractivity contribution is -0.131. The molecule has 0 spiro atoms. The Bertz CT molecular complexity index is 544. The normalized spacial score (nSPS) is 14.2. The predicted molar refractivity (Wildman–Crippen MR) is 67.8 cm³/mol. The van der Waals surface area contributed by atoms with Crippen molar-refractivity contribution in [2.45, 2.75) is 18.6 Å². The summed E-state index contributed by atoms with van der Waals surface area (Å²) in [6, 6.07) is 3.43. The third-order valence-electron chi connectivity index (χ3n) is 2.54.